The molecule has 2 heterocycles. The number of amides is 1. The van der Waals surface area contributed by atoms with E-state index in [1.807, 2.05) is 30.3 Å². The van der Waals surface area contributed by atoms with Crippen LogP contribution < -0.4 is 14.6 Å². The van der Waals surface area contributed by atoms with E-state index in [0.717, 1.165) is 16.4 Å². The molecule has 1 N–H and O–H groups in total. The largest absolute Gasteiger partial charge is 0.495 e. The monoisotopic (exact) mass is 375 g/mol. The van der Waals surface area contributed by atoms with E-state index in [-0.39, 0.29) is 18.2 Å². The highest BCUT2D eigenvalue weighted by Gasteiger charge is 2.16. The number of hydrogen-bond acceptors (Lipinski definition) is 4. The fraction of sp³-hybridized carbons (Fsp3) is 0.136. The number of ether oxygens (including phenoxy) is 1. The molecule has 0 fully saturated rings. The standard InChI is InChI=1S/C22H18N2O4/c1-14(25)15-6-5-9-24(12-15)13-22(26)23-18-11-20-17(10-21(18)27-2)16-7-3-4-8-19(16)28-20/h3-12H,13H2,1-2H3/p+1. The molecule has 140 valence electrons. The third-order valence-electron chi connectivity index (χ3n) is 4.56. The zero-order chi connectivity index (χ0) is 19.7. The SMILES string of the molecule is COc1cc2c(cc1NC(=O)C[n+]1cccc(C(C)=O)c1)oc1ccccc12. The predicted octanol–water partition coefficient (Wildman–Crippen LogP) is 3.72. The van der Waals surface area contributed by atoms with Crippen molar-refractivity contribution in [3.05, 3.63) is 66.5 Å². The molecule has 4 rings (SSSR count). The molecule has 2 aromatic carbocycles. The minimum absolute atomic E-state index is 0.0493. The average Bonchev–Trinajstić information content (AvgIpc) is 3.04. The van der Waals surface area contributed by atoms with Gasteiger partial charge in [-0.3, -0.25) is 9.59 Å². The summed E-state index contributed by atoms with van der Waals surface area (Å²) in [4.78, 5) is 24.1. The van der Waals surface area contributed by atoms with Gasteiger partial charge in [-0.2, -0.15) is 4.57 Å². The summed E-state index contributed by atoms with van der Waals surface area (Å²) in [6.07, 6.45) is 3.40. The molecule has 28 heavy (non-hydrogen) atoms. The summed E-state index contributed by atoms with van der Waals surface area (Å²) in [5.41, 5.74) is 2.53. The number of carbonyl (C=O) groups excluding carboxylic acids is 2. The second-order valence-corrected chi connectivity index (χ2v) is 6.52. The first-order chi connectivity index (χ1) is 13.5. The summed E-state index contributed by atoms with van der Waals surface area (Å²) in [7, 11) is 1.56. The highest BCUT2D eigenvalue weighted by atomic mass is 16.5. The number of anilines is 1. The summed E-state index contributed by atoms with van der Waals surface area (Å²) in [5, 5.41) is 4.78. The zero-order valence-electron chi connectivity index (χ0n) is 15.6. The molecule has 0 radical (unpaired) electrons. The van der Waals surface area contributed by atoms with Crippen molar-refractivity contribution in [3.63, 3.8) is 0 Å². The Morgan fingerprint density at radius 1 is 1.07 bits per heavy atom. The molecule has 0 aliphatic carbocycles. The zero-order valence-corrected chi connectivity index (χ0v) is 15.6. The van der Waals surface area contributed by atoms with Crippen LogP contribution in [0.3, 0.4) is 0 Å². The lowest BCUT2D eigenvalue weighted by molar-refractivity contribution is -0.684. The summed E-state index contributed by atoms with van der Waals surface area (Å²) >= 11 is 0. The third kappa shape index (κ3) is 3.32. The molecule has 0 saturated carbocycles. The Labute approximate surface area is 161 Å². The van der Waals surface area contributed by atoms with Gasteiger partial charge >= 0.3 is 0 Å². The molecular weight excluding hydrogens is 356 g/mol. The van der Waals surface area contributed by atoms with Crippen molar-refractivity contribution in [2.75, 3.05) is 12.4 Å². The molecule has 0 bridgehead atoms. The Morgan fingerprint density at radius 2 is 1.89 bits per heavy atom. The Kier molecular flexibility index (Phi) is 4.53. The van der Waals surface area contributed by atoms with Gasteiger partial charge in [0.05, 0.1) is 18.4 Å². The quantitative estimate of drug-likeness (QED) is 0.426. The lowest BCUT2D eigenvalue weighted by Crippen LogP contribution is -2.40. The van der Waals surface area contributed by atoms with Crippen molar-refractivity contribution in [3.8, 4) is 5.75 Å². The second kappa shape index (κ2) is 7.15. The first-order valence-corrected chi connectivity index (χ1v) is 8.84. The summed E-state index contributed by atoms with van der Waals surface area (Å²) in [6, 6.07) is 14.8. The van der Waals surface area contributed by atoms with Gasteiger partial charge in [0, 0.05) is 22.9 Å². The van der Waals surface area contributed by atoms with Crippen LogP contribution in [0.2, 0.25) is 0 Å². The van der Waals surface area contributed by atoms with E-state index in [4.69, 9.17) is 9.15 Å². The van der Waals surface area contributed by atoms with E-state index < -0.39 is 0 Å². The van der Waals surface area contributed by atoms with Crippen molar-refractivity contribution in [1.82, 2.24) is 0 Å². The van der Waals surface area contributed by atoms with E-state index >= 15 is 0 Å². The number of ketones is 1. The Hall–Kier alpha value is -3.67. The molecule has 0 aliphatic rings. The molecule has 0 spiro atoms. The van der Waals surface area contributed by atoms with E-state index in [0.29, 0.717) is 22.6 Å². The van der Waals surface area contributed by atoms with E-state index in [1.54, 1.807) is 42.3 Å². The van der Waals surface area contributed by atoms with Gasteiger partial charge in [-0.1, -0.05) is 18.2 Å². The number of hydrogen-bond donors (Lipinski definition) is 1. The number of rotatable bonds is 5. The number of nitrogens with one attached hydrogen (secondary N) is 1. The van der Waals surface area contributed by atoms with Gasteiger partial charge in [0.2, 0.25) is 6.54 Å². The van der Waals surface area contributed by atoms with Crippen LogP contribution in [0.4, 0.5) is 5.69 Å². The predicted molar refractivity (Wildman–Crippen MR) is 106 cm³/mol. The fourth-order valence-electron chi connectivity index (χ4n) is 3.20. The molecule has 0 saturated heterocycles. The van der Waals surface area contributed by atoms with Crippen LogP contribution >= 0.6 is 0 Å². The van der Waals surface area contributed by atoms with Crippen molar-refractivity contribution < 1.29 is 23.3 Å². The molecule has 0 unspecified atom stereocenters. The molecule has 4 aromatic rings. The maximum Gasteiger partial charge on any atom is 0.290 e. The molecule has 6 heteroatoms. The molecule has 0 atom stereocenters. The van der Waals surface area contributed by atoms with Crippen LogP contribution in [0.25, 0.3) is 21.9 Å². The summed E-state index contributed by atoms with van der Waals surface area (Å²) < 4.78 is 13.0. The number of nitrogens with zero attached hydrogens (tertiary/aromatic N) is 1. The van der Waals surface area contributed by atoms with Crippen LogP contribution in [-0.2, 0) is 11.3 Å². The molecule has 1 amide bonds. The molecule has 0 aliphatic heterocycles. The second-order valence-electron chi connectivity index (χ2n) is 6.52. The number of pyridine rings is 1. The van der Waals surface area contributed by atoms with Crippen LogP contribution in [-0.4, -0.2) is 18.8 Å². The number of fused-ring (bicyclic) bond motifs is 3. The van der Waals surface area contributed by atoms with Crippen molar-refractivity contribution in [1.29, 1.82) is 0 Å². The van der Waals surface area contributed by atoms with Gasteiger partial charge < -0.3 is 14.5 Å². The Bertz CT molecular complexity index is 1210. The number of carbonyl (C=O) groups is 2. The number of aromatic nitrogens is 1. The van der Waals surface area contributed by atoms with Gasteiger partial charge in [0.15, 0.2) is 18.2 Å². The normalized spacial score (nSPS) is 10.9. The highest BCUT2D eigenvalue weighted by Crippen LogP contribution is 2.36. The lowest BCUT2D eigenvalue weighted by Gasteiger charge is -2.09. The van der Waals surface area contributed by atoms with Crippen LogP contribution in [0.1, 0.15) is 17.3 Å². The molecular formula is C22H19N2O4+. The molecule has 2 aromatic heterocycles. The summed E-state index contributed by atoms with van der Waals surface area (Å²) in [6.45, 7) is 1.57. The average molecular weight is 375 g/mol. The number of Topliss-reactive ketones (excluding diaryl/α,β-unsaturated/α-hetero) is 1. The highest BCUT2D eigenvalue weighted by molar-refractivity contribution is 6.07. The van der Waals surface area contributed by atoms with Gasteiger partial charge in [-0.25, -0.2) is 0 Å². The van der Waals surface area contributed by atoms with Gasteiger partial charge in [-0.15, -0.1) is 0 Å². The van der Waals surface area contributed by atoms with Crippen molar-refractivity contribution in [2.24, 2.45) is 0 Å². The lowest BCUT2D eigenvalue weighted by atomic mass is 10.1. The minimum Gasteiger partial charge on any atom is -0.495 e. The molecule has 6 nitrogen and oxygen atoms in total. The maximum atomic E-state index is 12.5. The number of furan rings is 1. The smallest absolute Gasteiger partial charge is 0.290 e. The van der Waals surface area contributed by atoms with E-state index in [1.165, 1.54) is 6.92 Å². The minimum atomic E-state index is -0.237. The van der Waals surface area contributed by atoms with E-state index in [9.17, 15) is 9.59 Å². The van der Waals surface area contributed by atoms with Crippen molar-refractivity contribution in [2.45, 2.75) is 13.5 Å². The number of benzene rings is 2. The van der Waals surface area contributed by atoms with Crippen LogP contribution in [0, 0.1) is 0 Å². The number of para-hydroxylation sites is 1. The fourth-order valence-corrected chi connectivity index (χ4v) is 3.20. The summed E-state index contributed by atoms with van der Waals surface area (Å²) in [5.74, 6) is 0.265. The van der Waals surface area contributed by atoms with Gasteiger partial charge in [0.1, 0.15) is 16.9 Å². The topological polar surface area (TPSA) is 72.4 Å². The maximum absolute atomic E-state index is 12.5. The van der Waals surface area contributed by atoms with Crippen LogP contribution in [0.15, 0.2) is 65.3 Å². The Balaban J connectivity index is 1.63. The first-order valence-electron chi connectivity index (χ1n) is 8.84. The van der Waals surface area contributed by atoms with Crippen molar-refractivity contribution >= 4 is 39.3 Å². The number of methoxy groups -OCH3 is 1. The van der Waals surface area contributed by atoms with E-state index in [2.05, 4.69) is 5.32 Å². The van der Waals surface area contributed by atoms with Crippen LogP contribution in [0.5, 0.6) is 5.75 Å². The third-order valence-corrected chi connectivity index (χ3v) is 4.56. The van der Waals surface area contributed by atoms with Gasteiger partial charge in [0.25, 0.3) is 5.91 Å². The Morgan fingerprint density at radius 3 is 2.68 bits per heavy atom. The first kappa shape index (κ1) is 17.7. The van der Waals surface area contributed by atoms with Gasteiger partial charge in [-0.05, 0) is 25.1 Å².